The predicted octanol–water partition coefficient (Wildman–Crippen LogP) is 1.44. The molecule has 1 fully saturated rings. The van der Waals surface area contributed by atoms with Crippen molar-refractivity contribution in [1.82, 2.24) is 4.90 Å². The number of likely N-dealkylation sites (tertiary alicyclic amines) is 1. The van der Waals surface area contributed by atoms with Crippen LogP contribution in [0.1, 0.15) is 29.9 Å². The van der Waals surface area contributed by atoms with Crippen LogP contribution in [0, 0.1) is 11.3 Å². The minimum atomic E-state index is -0.400. The molecule has 0 aromatic heterocycles. The van der Waals surface area contributed by atoms with E-state index in [0.717, 1.165) is 12.0 Å². The maximum atomic E-state index is 12.0. The molecule has 0 N–H and O–H groups in total. The molecule has 0 bridgehead atoms. The topological polar surface area (TPSA) is 70.4 Å². The number of benzene rings is 1. The molecular weight excluding hydrogens is 256 g/mol. The molecule has 0 spiro atoms. The Bertz CT molecular complexity index is 562. The Morgan fingerprint density at radius 1 is 1.55 bits per heavy atom. The number of nitrogens with zero attached hydrogens (tertiary/aromatic N) is 2. The zero-order valence-electron chi connectivity index (χ0n) is 11.3. The third-order valence-corrected chi connectivity index (χ3v) is 3.56. The number of esters is 1. The van der Waals surface area contributed by atoms with Gasteiger partial charge in [-0.2, -0.15) is 5.26 Å². The van der Waals surface area contributed by atoms with Gasteiger partial charge in [0.2, 0.25) is 5.91 Å². The molecule has 1 unspecified atom stereocenters. The number of carbonyl (C=O) groups is 2. The summed E-state index contributed by atoms with van der Waals surface area (Å²) >= 11 is 0. The lowest BCUT2D eigenvalue weighted by atomic mass is 9.88. The second-order valence-corrected chi connectivity index (χ2v) is 4.82. The number of ether oxygens (including phenoxy) is 1. The number of hydrogen-bond acceptors (Lipinski definition) is 4. The molecule has 20 heavy (non-hydrogen) atoms. The normalized spacial score (nSPS) is 18.5. The Hall–Kier alpha value is -2.35. The van der Waals surface area contributed by atoms with Crippen molar-refractivity contribution in [3.05, 3.63) is 35.4 Å². The van der Waals surface area contributed by atoms with Gasteiger partial charge in [-0.3, -0.25) is 9.59 Å². The average Bonchev–Trinajstić information content (AvgIpc) is 2.49. The Labute approximate surface area is 117 Å². The van der Waals surface area contributed by atoms with Crippen molar-refractivity contribution in [3.63, 3.8) is 0 Å². The molecule has 1 aliphatic heterocycles. The fourth-order valence-corrected chi connectivity index (χ4v) is 2.41. The lowest BCUT2D eigenvalue weighted by Crippen LogP contribution is -2.41. The quantitative estimate of drug-likeness (QED) is 0.781. The number of hydrogen-bond donors (Lipinski definition) is 0. The van der Waals surface area contributed by atoms with Gasteiger partial charge >= 0.3 is 5.97 Å². The lowest BCUT2D eigenvalue weighted by Gasteiger charge is -2.31. The highest BCUT2D eigenvalue weighted by Crippen LogP contribution is 2.29. The molecule has 1 aromatic carbocycles. The average molecular weight is 272 g/mol. The number of rotatable bonds is 3. The third kappa shape index (κ3) is 3.15. The van der Waals surface area contributed by atoms with Gasteiger partial charge in [0.15, 0.2) is 0 Å². The van der Waals surface area contributed by atoms with Crippen molar-refractivity contribution in [2.24, 2.45) is 0 Å². The van der Waals surface area contributed by atoms with E-state index in [4.69, 9.17) is 5.26 Å². The largest absolute Gasteiger partial charge is 0.468 e. The number of carbonyl (C=O) groups excluding carboxylic acids is 2. The summed E-state index contributed by atoms with van der Waals surface area (Å²) < 4.78 is 4.57. The molecule has 104 valence electrons. The summed E-state index contributed by atoms with van der Waals surface area (Å²) in [5.74, 6) is -0.331. The number of methoxy groups -OCH3 is 1. The molecule has 1 aliphatic rings. The lowest BCUT2D eigenvalue weighted by molar-refractivity contribution is -0.148. The summed E-state index contributed by atoms with van der Waals surface area (Å²) in [5, 5.41) is 8.90. The van der Waals surface area contributed by atoms with Gasteiger partial charge in [-0.05, 0) is 30.0 Å². The van der Waals surface area contributed by atoms with E-state index in [2.05, 4.69) is 10.8 Å². The van der Waals surface area contributed by atoms with E-state index >= 15 is 0 Å². The van der Waals surface area contributed by atoms with Gasteiger partial charge in [0.25, 0.3) is 0 Å². The Kier molecular flexibility index (Phi) is 4.36. The van der Waals surface area contributed by atoms with Gasteiger partial charge < -0.3 is 9.64 Å². The van der Waals surface area contributed by atoms with Crippen LogP contribution in [0.5, 0.6) is 0 Å². The molecule has 0 radical (unpaired) electrons. The molecule has 5 heteroatoms. The minimum Gasteiger partial charge on any atom is -0.468 e. The molecule has 2 rings (SSSR count). The van der Waals surface area contributed by atoms with Crippen LogP contribution in [0.25, 0.3) is 0 Å². The zero-order valence-corrected chi connectivity index (χ0v) is 11.3. The second kappa shape index (κ2) is 6.20. The summed E-state index contributed by atoms with van der Waals surface area (Å²) in [6, 6.07) is 9.45. The van der Waals surface area contributed by atoms with Crippen LogP contribution in [0.15, 0.2) is 24.3 Å². The summed E-state index contributed by atoms with van der Waals surface area (Å²) in [6.45, 7) is 0.551. The fourth-order valence-electron chi connectivity index (χ4n) is 2.41. The maximum Gasteiger partial charge on any atom is 0.325 e. The van der Waals surface area contributed by atoms with Crippen molar-refractivity contribution in [1.29, 1.82) is 5.26 Å². The highest BCUT2D eigenvalue weighted by molar-refractivity contribution is 5.83. The van der Waals surface area contributed by atoms with E-state index in [1.54, 1.807) is 6.07 Å². The second-order valence-electron chi connectivity index (χ2n) is 4.82. The highest BCUT2D eigenvalue weighted by Gasteiger charge is 2.28. The van der Waals surface area contributed by atoms with Crippen LogP contribution in [-0.4, -0.2) is 37.0 Å². The van der Waals surface area contributed by atoms with Gasteiger partial charge in [0, 0.05) is 13.0 Å². The highest BCUT2D eigenvalue weighted by atomic mass is 16.5. The smallest absolute Gasteiger partial charge is 0.325 e. The summed E-state index contributed by atoms with van der Waals surface area (Å²) in [6.07, 6.45) is 1.16. The van der Waals surface area contributed by atoms with Crippen LogP contribution in [-0.2, 0) is 14.3 Å². The first-order chi connectivity index (χ1) is 9.63. The van der Waals surface area contributed by atoms with E-state index in [1.165, 1.54) is 12.0 Å². The molecule has 1 aromatic rings. The molecular formula is C15H16N2O3. The number of amides is 1. The Morgan fingerprint density at radius 2 is 2.35 bits per heavy atom. The molecule has 1 saturated heterocycles. The standard InChI is InChI=1S/C15H16N2O3/c1-20-15(19)10-17-6-5-13(8-14(17)18)12-4-2-3-11(7-12)9-16/h2-4,7,13H,5-6,8,10H2,1H3. The zero-order chi connectivity index (χ0) is 14.5. The van der Waals surface area contributed by atoms with E-state index in [0.29, 0.717) is 18.5 Å². The molecule has 0 saturated carbocycles. The van der Waals surface area contributed by atoms with Crippen molar-refractivity contribution in [3.8, 4) is 6.07 Å². The first-order valence-corrected chi connectivity index (χ1v) is 6.48. The van der Waals surface area contributed by atoms with Crippen molar-refractivity contribution < 1.29 is 14.3 Å². The van der Waals surface area contributed by atoms with E-state index in [1.807, 2.05) is 18.2 Å². The monoisotopic (exact) mass is 272 g/mol. The third-order valence-electron chi connectivity index (χ3n) is 3.56. The van der Waals surface area contributed by atoms with Crippen LogP contribution in [0.4, 0.5) is 0 Å². The first-order valence-electron chi connectivity index (χ1n) is 6.48. The SMILES string of the molecule is COC(=O)CN1CCC(c2cccc(C#N)c2)CC1=O. The van der Waals surface area contributed by atoms with Crippen molar-refractivity contribution in [2.45, 2.75) is 18.8 Å². The Balaban J connectivity index is 2.03. The van der Waals surface area contributed by atoms with Crippen LogP contribution in [0.2, 0.25) is 0 Å². The van der Waals surface area contributed by atoms with Gasteiger partial charge in [-0.15, -0.1) is 0 Å². The minimum absolute atomic E-state index is 0.0142. The summed E-state index contributed by atoms with van der Waals surface area (Å²) in [4.78, 5) is 24.8. The van der Waals surface area contributed by atoms with Crippen LogP contribution in [0.3, 0.4) is 0 Å². The molecule has 1 heterocycles. The predicted molar refractivity (Wildman–Crippen MR) is 71.7 cm³/mol. The maximum absolute atomic E-state index is 12.0. The van der Waals surface area contributed by atoms with E-state index in [9.17, 15) is 9.59 Å². The van der Waals surface area contributed by atoms with Gasteiger partial charge in [0.1, 0.15) is 6.54 Å². The Morgan fingerprint density at radius 3 is 3.00 bits per heavy atom. The van der Waals surface area contributed by atoms with E-state index < -0.39 is 5.97 Å². The van der Waals surface area contributed by atoms with Crippen LogP contribution < -0.4 is 0 Å². The van der Waals surface area contributed by atoms with Crippen LogP contribution >= 0.6 is 0 Å². The summed E-state index contributed by atoms with van der Waals surface area (Å²) in [5.41, 5.74) is 1.61. The van der Waals surface area contributed by atoms with Crippen molar-refractivity contribution >= 4 is 11.9 Å². The molecule has 1 atom stereocenters. The van der Waals surface area contributed by atoms with Crippen molar-refractivity contribution in [2.75, 3.05) is 20.2 Å². The molecule has 5 nitrogen and oxygen atoms in total. The van der Waals surface area contributed by atoms with Gasteiger partial charge in [0.05, 0.1) is 18.7 Å². The first kappa shape index (κ1) is 14.1. The molecule has 0 aliphatic carbocycles. The van der Waals surface area contributed by atoms with E-state index in [-0.39, 0.29) is 18.4 Å². The number of piperidine rings is 1. The van der Waals surface area contributed by atoms with Gasteiger partial charge in [-0.1, -0.05) is 12.1 Å². The molecule has 1 amide bonds. The van der Waals surface area contributed by atoms with Gasteiger partial charge in [-0.25, -0.2) is 0 Å². The fraction of sp³-hybridized carbons (Fsp3) is 0.400. The summed E-state index contributed by atoms with van der Waals surface area (Å²) in [7, 11) is 1.31. The number of nitriles is 1.